The Labute approximate surface area is 86.1 Å². The van der Waals surface area contributed by atoms with Crippen molar-refractivity contribution in [3.8, 4) is 0 Å². The van der Waals surface area contributed by atoms with Gasteiger partial charge in [-0.15, -0.1) is 0 Å². The van der Waals surface area contributed by atoms with E-state index in [0.717, 1.165) is 0 Å². The Bertz CT molecular complexity index is 169. The summed E-state index contributed by atoms with van der Waals surface area (Å²) >= 11 is 0. The van der Waals surface area contributed by atoms with Gasteiger partial charge in [0.25, 0.3) is 0 Å². The van der Waals surface area contributed by atoms with Crippen LogP contribution in [0.1, 0.15) is 47.5 Å². The van der Waals surface area contributed by atoms with Gasteiger partial charge >= 0.3 is 0 Å². The number of hydroxylamine groups is 1. The molecule has 0 radical (unpaired) electrons. The van der Waals surface area contributed by atoms with Crippen LogP contribution in [-0.4, -0.2) is 17.0 Å². The van der Waals surface area contributed by atoms with Gasteiger partial charge in [0, 0.05) is 12.0 Å². The second-order valence-electron chi connectivity index (χ2n) is 5.23. The molecule has 0 spiro atoms. The molecule has 0 saturated heterocycles. The monoisotopic (exact) mass is 202 g/mol. The molecule has 0 aliphatic rings. The third kappa shape index (κ3) is 9.48. The number of nitrogens with two attached hydrogens (primary N) is 1. The summed E-state index contributed by atoms with van der Waals surface area (Å²) in [6.45, 7) is 9.41. The van der Waals surface area contributed by atoms with E-state index in [-0.39, 0.29) is 17.0 Å². The van der Waals surface area contributed by atoms with Crippen molar-refractivity contribution < 1.29 is 9.63 Å². The highest BCUT2D eigenvalue weighted by atomic mass is 16.7. The Kier molecular flexibility index (Phi) is 4.55. The smallest absolute Gasteiger partial charge is 0.243 e. The second kappa shape index (κ2) is 4.75. The fourth-order valence-corrected chi connectivity index (χ4v) is 0.697. The highest BCUT2D eigenvalue weighted by molar-refractivity contribution is 5.74. The maximum atomic E-state index is 11.2. The molecule has 0 fully saturated rings. The fraction of sp³-hybridized carbons (Fsp3) is 0.900. The zero-order chi connectivity index (χ0) is 11.4. The van der Waals surface area contributed by atoms with Gasteiger partial charge in [-0.05, 0) is 41.0 Å². The molecule has 0 heterocycles. The van der Waals surface area contributed by atoms with Crippen molar-refractivity contribution in [1.82, 2.24) is 5.48 Å². The average Bonchev–Trinajstić information content (AvgIpc) is 1.94. The van der Waals surface area contributed by atoms with Crippen LogP contribution in [0.4, 0.5) is 0 Å². The van der Waals surface area contributed by atoms with Gasteiger partial charge in [-0.2, -0.15) is 0 Å². The van der Waals surface area contributed by atoms with Crippen molar-refractivity contribution in [2.24, 2.45) is 5.73 Å². The lowest BCUT2D eigenvalue weighted by Gasteiger charge is -2.21. The summed E-state index contributed by atoms with van der Waals surface area (Å²) in [6.07, 6.45) is 1.03. The Balaban J connectivity index is 3.68. The lowest BCUT2D eigenvalue weighted by atomic mass is 10.0. The van der Waals surface area contributed by atoms with E-state index in [4.69, 9.17) is 10.6 Å². The molecular weight excluding hydrogens is 180 g/mol. The first-order valence-electron chi connectivity index (χ1n) is 4.86. The van der Waals surface area contributed by atoms with E-state index in [2.05, 4.69) is 5.48 Å². The highest BCUT2D eigenvalue weighted by Gasteiger charge is 2.15. The van der Waals surface area contributed by atoms with E-state index in [9.17, 15) is 4.79 Å². The molecule has 14 heavy (non-hydrogen) atoms. The van der Waals surface area contributed by atoms with Crippen molar-refractivity contribution in [3.05, 3.63) is 0 Å². The van der Waals surface area contributed by atoms with Crippen LogP contribution in [0.3, 0.4) is 0 Å². The van der Waals surface area contributed by atoms with Crippen LogP contribution in [0.2, 0.25) is 0 Å². The molecule has 4 nitrogen and oxygen atoms in total. The maximum absolute atomic E-state index is 11.2. The predicted octanol–water partition coefficient (Wildman–Crippen LogP) is 1.35. The third-order valence-electron chi connectivity index (χ3n) is 1.47. The molecule has 0 unspecified atom stereocenters. The molecule has 4 heteroatoms. The van der Waals surface area contributed by atoms with Crippen molar-refractivity contribution in [2.45, 2.75) is 58.6 Å². The van der Waals surface area contributed by atoms with E-state index in [0.29, 0.717) is 12.8 Å². The largest absolute Gasteiger partial charge is 0.326 e. The molecule has 3 N–H and O–H groups in total. The molecule has 1 amide bonds. The fourth-order valence-electron chi connectivity index (χ4n) is 0.697. The van der Waals surface area contributed by atoms with Crippen LogP contribution >= 0.6 is 0 Å². The predicted molar refractivity (Wildman–Crippen MR) is 56.5 cm³/mol. The van der Waals surface area contributed by atoms with Gasteiger partial charge in [-0.3, -0.25) is 9.63 Å². The number of rotatable bonds is 4. The van der Waals surface area contributed by atoms with Crippen LogP contribution < -0.4 is 11.2 Å². The molecule has 0 saturated carbocycles. The molecule has 84 valence electrons. The van der Waals surface area contributed by atoms with E-state index in [1.54, 1.807) is 0 Å². The van der Waals surface area contributed by atoms with E-state index in [1.165, 1.54) is 0 Å². The lowest BCUT2D eigenvalue weighted by molar-refractivity contribution is -0.145. The van der Waals surface area contributed by atoms with E-state index < -0.39 is 0 Å². The summed E-state index contributed by atoms with van der Waals surface area (Å²) in [5.74, 6) is -0.126. The van der Waals surface area contributed by atoms with Gasteiger partial charge in [0.15, 0.2) is 0 Å². The van der Waals surface area contributed by atoms with Crippen LogP contribution in [0.5, 0.6) is 0 Å². The van der Waals surface area contributed by atoms with Crippen molar-refractivity contribution in [1.29, 1.82) is 0 Å². The molecule has 0 rings (SSSR count). The van der Waals surface area contributed by atoms with Gasteiger partial charge in [0.05, 0.1) is 5.60 Å². The van der Waals surface area contributed by atoms with Crippen molar-refractivity contribution in [2.75, 3.05) is 0 Å². The number of carbonyl (C=O) groups excluding carboxylic acids is 1. The van der Waals surface area contributed by atoms with Gasteiger partial charge in [0.2, 0.25) is 5.91 Å². The SMILES string of the molecule is CC(C)(N)CCC(=O)NOC(C)(C)C. The standard InChI is InChI=1S/C10H22N2O2/c1-9(2,3)14-12-8(13)6-7-10(4,5)11/h6-7,11H2,1-5H3,(H,12,13). The summed E-state index contributed by atoms with van der Waals surface area (Å²) in [6, 6.07) is 0. The average molecular weight is 202 g/mol. The number of amides is 1. The maximum Gasteiger partial charge on any atom is 0.243 e. The Morgan fingerprint density at radius 3 is 2.14 bits per heavy atom. The van der Waals surface area contributed by atoms with Gasteiger partial charge in [-0.1, -0.05) is 0 Å². The van der Waals surface area contributed by atoms with Gasteiger partial charge < -0.3 is 5.73 Å². The minimum atomic E-state index is -0.353. The van der Waals surface area contributed by atoms with Crippen LogP contribution in [-0.2, 0) is 9.63 Å². The molecule has 0 aliphatic carbocycles. The van der Waals surface area contributed by atoms with Gasteiger partial charge in [0.1, 0.15) is 0 Å². The van der Waals surface area contributed by atoms with Crippen LogP contribution in [0.15, 0.2) is 0 Å². The van der Waals surface area contributed by atoms with Crippen molar-refractivity contribution >= 4 is 5.91 Å². The summed E-state index contributed by atoms with van der Waals surface area (Å²) in [4.78, 5) is 16.4. The Hall–Kier alpha value is -0.610. The lowest BCUT2D eigenvalue weighted by Crippen LogP contribution is -2.37. The molecular formula is C10H22N2O2. The van der Waals surface area contributed by atoms with Crippen LogP contribution in [0, 0.1) is 0 Å². The molecule has 0 aromatic carbocycles. The van der Waals surface area contributed by atoms with Crippen molar-refractivity contribution in [3.63, 3.8) is 0 Å². The summed E-state index contributed by atoms with van der Waals surface area (Å²) in [7, 11) is 0. The molecule has 0 aromatic heterocycles. The number of hydrogen-bond acceptors (Lipinski definition) is 3. The minimum Gasteiger partial charge on any atom is -0.326 e. The highest BCUT2D eigenvalue weighted by Crippen LogP contribution is 2.08. The molecule has 0 bridgehead atoms. The molecule has 0 aromatic rings. The third-order valence-corrected chi connectivity index (χ3v) is 1.47. The zero-order valence-electron chi connectivity index (χ0n) is 9.81. The topological polar surface area (TPSA) is 64.4 Å². The van der Waals surface area contributed by atoms with E-state index >= 15 is 0 Å². The molecule has 0 aliphatic heterocycles. The first-order valence-corrected chi connectivity index (χ1v) is 4.86. The Morgan fingerprint density at radius 1 is 1.29 bits per heavy atom. The second-order valence-corrected chi connectivity index (χ2v) is 5.23. The number of carbonyl (C=O) groups is 1. The van der Waals surface area contributed by atoms with Gasteiger partial charge in [-0.25, -0.2) is 5.48 Å². The first kappa shape index (κ1) is 13.4. The number of hydrogen-bond donors (Lipinski definition) is 2. The molecule has 0 atom stereocenters. The van der Waals surface area contributed by atoms with Crippen LogP contribution in [0.25, 0.3) is 0 Å². The summed E-state index contributed by atoms with van der Waals surface area (Å²) in [5, 5.41) is 0. The number of nitrogens with one attached hydrogen (secondary N) is 1. The normalized spacial score (nSPS) is 12.7. The quantitative estimate of drug-likeness (QED) is 0.676. The Morgan fingerprint density at radius 2 is 1.79 bits per heavy atom. The van der Waals surface area contributed by atoms with E-state index in [1.807, 2.05) is 34.6 Å². The summed E-state index contributed by atoms with van der Waals surface area (Å²) in [5.41, 5.74) is 7.49. The first-order chi connectivity index (χ1) is 6.10. The summed E-state index contributed by atoms with van der Waals surface area (Å²) < 4.78 is 0. The zero-order valence-corrected chi connectivity index (χ0v) is 9.81. The minimum absolute atomic E-state index is 0.126.